The summed E-state index contributed by atoms with van der Waals surface area (Å²) in [6.07, 6.45) is 4.21. The number of carboxylic acid groups (broad SMARTS) is 1. The summed E-state index contributed by atoms with van der Waals surface area (Å²) in [4.78, 5) is 14.8. The monoisotopic (exact) mass is 349 g/mol. The number of carboxylic acids is 1. The fourth-order valence-electron chi connectivity index (χ4n) is 3.16. The molecule has 1 aromatic carbocycles. The fourth-order valence-corrected chi connectivity index (χ4v) is 4.62. The van der Waals surface area contributed by atoms with Crippen LogP contribution in [0.25, 0.3) is 16.2 Å². The molecule has 2 heterocycles. The van der Waals surface area contributed by atoms with Crippen molar-refractivity contribution < 1.29 is 9.90 Å². The zero-order valence-electron chi connectivity index (χ0n) is 13.4. The molecule has 2 aromatic rings. The Bertz CT molecular complexity index is 794. The van der Waals surface area contributed by atoms with Crippen LogP contribution in [0, 0.1) is 0 Å². The predicted molar refractivity (Wildman–Crippen MR) is 97.4 cm³/mol. The summed E-state index contributed by atoms with van der Waals surface area (Å²) in [5, 5.41) is 11.5. The average molecular weight is 350 g/mol. The van der Waals surface area contributed by atoms with E-state index in [1.165, 1.54) is 21.2 Å². The molecule has 1 aliphatic heterocycles. The van der Waals surface area contributed by atoms with E-state index in [1.807, 2.05) is 19.1 Å². The van der Waals surface area contributed by atoms with Gasteiger partial charge in [0.05, 0.1) is 0 Å². The van der Waals surface area contributed by atoms with Gasteiger partial charge in [-0.3, -0.25) is 0 Å². The maximum Gasteiger partial charge on any atom is 0.331 e. The van der Waals surface area contributed by atoms with Gasteiger partial charge in [0.15, 0.2) is 0 Å². The summed E-state index contributed by atoms with van der Waals surface area (Å²) in [6.45, 7) is 3.79. The molecular formula is C18H20ClNO2S. The standard InChI is InChI=1S/C18H20ClNO2S/c1-3-4-11(18(21)22)9-16-13-10-20(2)8-7-12-14(19)5-6-15(23-16)17(12)13/h5-6,9H,3-4,7-8,10H2,1-2H3,(H,21,22)/b11-9+. The highest BCUT2D eigenvalue weighted by molar-refractivity contribution is 7.20. The van der Waals surface area contributed by atoms with Gasteiger partial charge in [-0.2, -0.15) is 0 Å². The second-order valence-corrected chi connectivity index (χ2v) is 7.55. The van der Waals surface area contributed by atoms with E-state index in [-0.39, 0.29) is 0 Å². The number of hydrogen-bond donors (Lipinski definition) is 1. The Kier molecular flexibility index (Phi) is 4.76. The van der Waals surface area contributed by atoms with E-state index < -0.39 is 5.97 Å². The Labute approximate surface area is 145 Å². The first-order chi connectivity index (χ1) is 11.0. The van der Waals surface area contributed by atoms with Gasteiger partial charge in [0, 0.05) is 38.6 Å². The topological polar surface area (TPSA) is 40.5 Å². The Morgan fingerprint density at radius 1 is 1.43 bits per heavy atom. The predicted octanol–water partition coefficient (Wildman–Crippen LogP) is 4.81. The van der Waals surface area contributed by atoms with Crippen LogP contribution in [0.1, 0.15) is 35.8 Å². The molecule has 0 radical (unpaired) electrons. The van der Waals surface area contributed by atoms with Crippen LogP contribution in [0.2, 0.25) is 5.02 Å². The molecule has 3 rings (SSSR count). The third-order valence-corrected chi connectivity index (χ3v) is 5.81. The lowest BCUT2D eigenvalue weighted by atomic mass is 10.0. The van der Waals surface area contributed by atoms with Crippen LogP contribution in [0.5, 0.6) is 0 Å². The zero-order valence-corrected chi connectivity index (χ0v) is 14.9. The molecule has 0 atom stereocenters. The van der Waals surface area contributed by atoms with Crippen molar-refractivity contribution in [1.29, 1.82) is 0 Å². The summed E-state index contributed by atoms with van der Waals surface area (Å²) >= 11 is 8.09. The van der Waals surface area contributed by atoms with Crippen LogP contribution in [0.15, 0.2) is 17.7 Å². The molecule has 0 bridgehead atoms. The Balaban J connectivity index is 2.22. The summed E-state index contributed by atoms with van der Waals surface area (Å²) in [6, 6.07) is 4.01. The van der Waals surface area contributed by atoms with Crippen LogP contribution in [0.4, 0.5) is 0 Å². The first-order valence-electron chi connectivity index (χ1n) is 7.86. The summed E-state index contributed by atoms with van der Waals surface area (Å²) in [5.41, 5.74) is 2.90. The molecule has 0 aliphatic carbocycles. The largest absolute Gasteiger partial charge is 0.478 e. The minimum atomic E-state index is -0.822. The molecule has 0 spiro atoms. The molecule has 1 N–H and O–H groups in total. The highest BCUT2D eigenvalue weighted by Gasteiger charge is 2.21. The van der Waals surface area contributed by atoms with E-state index in [1.54, 1.807) is 11.3 Å². The van der Waals surface area contributed by atoms with Gasteiger partial charge < -0.3 is 10.0 Å². The van der Waals surface area contributed by atoms with Gasteiger partial charge in [0.1, 0.15) is 0 Å². The molecule has 0 saturated carbocycles. The molecule has 1 aromatic heterocycles. The minimum absolute atomic E-state index is 0.481. The second kappa shape index (κ2) is 6.63. The van der Waals surface area contributed by atoms with Gasteiger partial charge in [-0.05, 0) is 49.2 Å². The van der Waals surface area contributed by atoms with Gasteiger partial charge in [-0.25, -0.2) is 4.79 Å². The van der Waals surface area contributed by atoms with E-state index in [4.69, 9.17) is 11.6 Å². The molecule has 1 aliphatic rings. The second-order valence-electron chi connectivity index (χ2n) is 6.06. The number of halogens is 1. The highest BCUT2D eigenvalue weighted by atomic mass is 35.5. The molecule has 3 nitrogen and oxygen atoms in total. The lowest BCUT2D eigenvalue weighted by molar-refractivity contribution is -0.132. The van der Waals surface area contributed by atoms with Crippen molar-refractivity contribution in [3.63, 3.8) is 0 Å². The number of carbonyl (C=O) groups is 1. The molecule has 122 valence electrons. The maximum absolute atomic E-state index is 11.5. The van der Waals surface area contributed by atoms with Crippen molar-refractivity contribution in [2.24, 2.45) is 0 Å². The molecule has 0 fully saturated rings. The van der Waals surface area contributed by atoms with Gasteiger partial charge in [0.2, 0.25) is 0 Å². The van der Waals surface area contributed by atoms with Gasteiger partial charge in [0.25, 0.3) is 0 Å². The number of thiophene rings is 1. The molecule has 5 heteroatoms. The van der Waals surface area contributed by atoms with Crippen molar-refractivity contribution in [1.82, 2.24) is 4.90 Å². The molecular weight excluding hydrogens is 330 g/mol. The summed E-state index contributed by atoms with van der Waals surface area (Å²) in [7, 11) is 2.10. The number of benzene rings is 1. The van der Waals surface area contributed by atoms with E-state index in [2.05, 4.69) is 18.0 Å². The Morgan fingerprint density at radius 3 is 2.91 bits per heavy atom. The van der Waals surface area contributed by atoms with Gasteiger partial charge in [-0.1, -0.05) is 24.9 Å². The van der Waals surface area contributed by atoms with E-state index in [9.17, 15) is 9.90 Å². The first-order valence-corrected chi connectivity index (χ1v) is 9.05. The Morgan fingerprint density at radius 2 is 2.22 bits per heavy atom. The van der Waals surface area contributed by atoms with Crippen molar-refractivity contribution in [3.05, 3.63) is 38.7 Å². The molecule has 0 unspecified atom stereocenters. The third kappa shape index (κ3) is 3.16. The van der Waals surface area contributed by atoms with E-state index >= 15 is 0 Å². The smallest absolute Gasteiger partial charge is 0.331 e. The maximum atomic E-state index is 11.5. The number of likely N-dealkylation sites (N-methyl/N-ethyl adjacent to an activating group) is 1. The van der Waals surface area contributed by atoms with Gasteiger partial charge >= 0.3 is 5.97 Å². The van der Waals surface area contributed by atoms with Crippen molar-refractivity contribution >= 4 is 45.1 Å². The van der Waals surface area contributed by atoms with Crippen LogP contribution in [-0.4, -0.2) is 29.6 Å². The number of rotatable bonds is 4. The molecule has 0 amide bonds. The molecule has 0 saturated heterocycles. The fraction of sp³-hybridized carbons (Fsp3) is 0.389. The zero-order chi connectivity index (χ0) is 16.6. The lowest BCUT2D eigenvalue weighted by Gasteiger charge is -2.13. The average Bonchev–Trinajstić information content (AvgIpc) is 2.72. The highest BCUT2D eigenvalue weighted by Crippen LogP contribution is 2.40. The van der Waals surface area contributed by atoms with Crippen molar-refractivity contribution in [3.8, 4) is 0 Å². The van der Waals surface area contributed by atoms with Gasteiger partial charge in [-0.15, -0.1) is 11.3 Å². The van der Waals surface area contributed by atoms with Crippen LogP contribution < -0.4 is 0 Å². The third-order valence-electron chi connectivity index (χ3n) is 4.31. The normalized spacial score (nSPS) is 15.9. The van der Waals surface area contributed by atoms with Crippen LogP contribution >= 0.6 is 22.9 Å². The van der Waals surface area contributed by atoms with Crippen molar-refractivity contribution in [2.45, 2.75) is 32.7 Å². The summed E-state index contributed by atoms with van der Waals surface area (Å²) in [5.74, 6) is -0.822. The quantitative estimate of drug-likeness (QED) is 0.805. The molecule has 23 heavy (non-hydrogen) atoms. The number of hydrogen-bond acceptors (Lipinski definition) is 3. The van der Waals surface area contributed by atoms with E-state index in [0.29, 0.717) is 12.0 Å². The minimum Gasteiger partial charge on any atom is -0.478 e. The van der Waals surface area contributed by atoms with E-state index in [0.717, 1.165) is 35.8 Å². The SMILES string of the molecule is CCC/C(=C\c1sc2ccc(Cl)c3c2c1CN(C)CC3)C(=O)O. The first kappa shape index (κ1) is 16.5. The van der Waals surface area contributed by atoms with Crippen molar-refractivity contribution in [2.75, 3.05) is 13.6 Å². The lowest BCUT2D eigenvalue weighted by Crippen LogP contribution is -2.18. The Hall–Kier alpha value is -1.36. The summed E-state index contributed by atoms with van der Waals surface area (Å²) < 4.78 is 1.20. The number of aliphatic carboxylic acids is 1. The number of nitrogens with zero attached hydrogens (tertiary/aromatic N) is 1. The van der Waals surface area contributed by atoms with Crippen LogP contribution in [-0.2, 0) is 17.8 Å². The van der Waals surface area contributed by atoms with Crippen LogP contribution in [0.3, 0.4) is 0 Å².